The lowest BCUT2D eigenvalue weighted by Crippen LogP contribution is -2.32. The number of aromatic nitrogens is 2. The van der Waals surface area contributed by atoms with Gasteiger partial charge in [-0.3, -0.25) is 4.79 Å². The lowest BCUT2D eigenvalue weighted by atomic mass is 9.90. The van der Waals surface area contributed by atoms with Gasteiger partial charge in [0.15, 0.2) is 0 Å². The maximum atomic E-state index is 12.3. The highest BCUT2D eigenvalue weighted by Gasteiger charge is 2.26. The fourth-order valence-corrected chi connectivity index (χ4v) is 3.95. The maximum Gasteiger partial charge on any atom is 0.270 e. The quantitative estimate of drug-likeness (QED) is 0.944. The molecule has 0 radical (unpaired) electrons. The van der Waals surface area contributed by atoms with Crippen LogP contribution in [0.25, 0.3) is 0 Å². The largest absolute Gasteiger partial charge is 0.357 e. The number of amides is 1. The summed E-state index contributed by atoms with van der Waals surface area (Å²) in [5, 5.41) is 1.14. The van der Waals surface area contributed by atoms with E-state index in [1.807, 2.05) is 19.2 Å². The van der Waals surface area contributed by atoms with Crippen LogP contribution in [0.4, 0.5) is 0 Å². The molecule has 2 heterocycles. The summed E-state index contributed by atoms with van der Waals surface area (Å²) in [7, 11) is 1.87. The van der Waals surface area contributed by atoms with E-state index >= 15 is 0 Å². The highest BCUT2D eigenvalue weighted by atomic mass is 32.1. The molecule has 1 aliphatic rings. The number of hydrogen-bond donors (Lipinski definition) is 1. The Morgan fingerprint density at radius 2 is 2.45 bits per heavy atom. The Kier molecular flexibility index (Phi) is 3.61. The first-order chi connectivity index (χ1) is 9.65. The van der Waals surface area contributed by atoms with Crippen LogP contribution in [-0.4, -0.2) is 34.4 Å². The third-order valence-electron chi connectivity index (χ3n) is 3.85. The number of aryl methyl sites for hydroxylation is 2. The van der Waals surface area contributed by atoms with Crippen molar-refractivity contribution in [1.82, 2.24) is 14.9 Å². The molecule has 1 aliphatic carbocycles. The average Bonchev–Trinajstić information content (AvgIpc) is 3.06. The predicted molar refractivity (Wildman–Crippen MR) is 80.3 cm³/mol. The smallest absolute Gasteiger partial charge is 0.270 e. The average molecular weight is 289 g/mol. The van der Waals surface area contributed by atoms with E-state index in [0.29, 0.717) is 11.6 Å². The van der Waals surface area contributed by atoms with E-state index in [2.05, 4.69) is 16.9 Å². The number of nitrogens with one attached hydrogen (secondary N) is 1. The summed E-state index contributed by atoms with van der Waals surface area (Å²) in [6.07, 6.45) is 5.25. The van der Waals surface area contributed by atoms with Crippen molar-refractivity contribution in [1.29, 1.82) is 0 Å². The van der Waals surface area contributed by atoms with Gasteiger partial charge in [-0.05, 0) is 38.3 Å². The van der Waals surface area contributed by atoms with Gasteiger partial charge in [-0.25, -0.2) is 4.98 Å². The minimum absolute atomic E-state index is 0.0501. The Bertz CT molecular complexity index is 603. The Labute approximate surface area is 122 Å². The number of fused-ring (bicyclic) bond motifs is 1. The molecular formula is C15H19N3OS. The fourth-order valence-electron chi connectivity index (χ4n) is 2.89. The standard InChI is InChI=1S/C15H19N3OS/c1-10-17-14-11(5-3-7-13(14)20-10)9-18(2)15(19)12-6-4-8-16-12/h4,6,8,11,16H,3,5,7,9H2,1-2H3. The number of carbonyl (C=O) groups excluding carboxylic acids is 1. The number of nitrogens with zero attached hydrogens (tertiary/aromatic N) is 2. The topological polar surface area (TPSA) is 49.0 Å². The SMILES string of the molecule is Cc1nc2c(s1)CCCC2CN(C)C(=O)c1ccc[nH]1. The third-order valence-corrected chi connectivity index (χ3v) is 4.89. The number of aromatic amines is 1. The van der Waals surface area contributed by atoms with Crippen LogP contribution in [0.15, 0.2) is 18.3 Å². The summed E-state index contributed by atoms with van der Waals surface area (Å²) >= 11 is 1.81. The van der Waals surface area contributed by atoms with E-state index in [1.54, 1.807) is 22.4 Å². The summed E-state index contributed by atoms with van der Waals surface area (Å²) in [6, 6.07) is 3.67. The van der Waals surface area contributed by atoms with E-state index in [1.165, 1.54) is 17.0 Å². The Hall–Kier alpha value is -1.62. The van der Waals surface area contributed by atoms with E-state index in [4.69, 9.17) is 0 Å². The minimum Gasteiger partial charge on any atom is -0.357 e. The van der Waals surface area contributed by atoms with Crippen molar-refractivity contribution in [2.75, 3.05) is 13.6 Å². The molecule has 2 aromatic heterocycles. The summed E-state index contributed by atoms with van der Waals surface area (Å²) < 4.78 is 0. The van der Waals surface area contributed by atoms with Crippen LogP contribution >= 0.6 is 11.3 Å². The van der Waals surface area contributed by atoms with Crippen LogP contribution < -0.4 is 0 Å². The fraction of sp³-hybridized carbons (Fsp3) is 0.467. The van der Waals surface area contributed by atoms with Crippen LogP contribution in [0.5, 0.6) is 0 Å². The molecule has 1 N–H and O–H groups in total. The molecule has 1 unspecified atom stereocenters. The van der Waals surface area contributed by atoms with E-state index < -0.39 is 0 Å². The van der Waals surface area contributed by atoms with Crippen molar-refractivity contribution in [3.05, 3.63) is 39.6 Å². The first-order valence-corrected chi connectivity index (χ1v) is 7.82. The molecule has 3 rings (SSSR count). The van der Waals surface area contributed by atoms with Crippen molar-refractivity contribution in [2.45, 2.75) is 32.1 Å². The van der Waals surface area contributed by atoms with Gasteiger partial charge < -0.3 is 9.88 Å². The van der Waals surface area contributed by atoms with Crippen molar-refractivity contribution in [2.24, 2.45) is 0 Å². The van der Waals surface area contributed by atoms with Crippen LogP contribution in [0, 0.1) is 6.92 Å². The van der Waals surface area contributed by atoms with Gasteiger partial charge in [-0.15, -0.1) is 11.3 Å². The number of H-pyrrole nitrogens is 1. The van der Waals surface area contributed by atoms with Crippen molar-refractivity contribution in [3.63, 3.8) is 0 Å². The second-order valence-electron chi connectivity index (χ2n) is 5.40. The number of rotatable bonds is 3. The van der Waals surface area contributed by atoms with Gasteiger partial charge in [-0.2, -0.15) is 0 Å². The lowest BCUT2D eigenvalue weighted by Gasteiger charge is -2.26. The van der Waals surface area contributed by atoms with Crippen LogP contribution in [-0.2, 0) is 6.42 Å². The number of carbonyl (C=O) groups is 1. The zero-order valence-corrected chi connectivity index (χ0v) is 12.7. The summed E-state index contributed by atoms with van der Waals surface area (Å²) in [5.41, 5.74) is 1.88. The molecule has 0 saturated heterocycles. The molecule has 20 heavy (non-hydrogen) atoms. The Morgan fingerprint density at radius 1 is 1.60 bits per heavy atom. The molecule has 5 heteroatoms. The molecule has 1 atom stereocenters. The molecule has 106 valence electrons. The molecule has 4 nitrogen and oxygen atoms in total. The molecule has 2 aromatic rings. The Balaban J connectivity index is 1.74. The molecule has 0 aliphatic heterocycles. The van der Waals surface area contributed by atoms with Gasteiger partial charge in [0.25, 0.3) is 5.91 Å². The number of thiazole rings is 1. The van der Waals surface area contributed by atoms with E-state index in [-0.39, 0.29) is 5.91 Å². The zero-order valence-electron chi connectivity index (χ0n) is 11.8. The minimum atomic E-state index is 0.0501. The monoisotopic (exact) mass is 289 g/mol. The van der Waals surface area contributed by atoms with Gasteiger partial charge >= 0.3 is 0 Å². The van der Waals surface area contributed by atoms with Gasteiger partial charge in [0.05, 0.1) is 10.7 Å². The van der Waals surface area contributed by atoms with Gasteiger partial charge in [0.1, 0.15) is 5.69 Å². The third kappa shape index (κ3) is 2.50. The summed E-state index contributed by atoms with van der Waals surface area (Å²) in [4.78, 5) is 23.1. The summed E-state index contributed by atoms with van der Waals surface area (Å²) in [6.45, 7) is 2.81. The maximum absolute atomic E-state index is 12.3. The highest BCUT2D eigenvalue weighted by molar-refractivity contribution is 7.11. The second kappa shape index (κ2) is 5.40. The highest BCUT2D eigenvalue weighted by Crippen LogP contribution is 2.35. The molecule has 0 saturated carbocycles. The van der Waals surface area contributed by atoms with Gasteiger partial charge in [0.2, 0.25) is 0 Å². The summed E-state index contributed by atoms with van der Waals surface area (Å²) in [5.74, 6) is 0.432. The van der Waals surface area contributed by atoms with Crippen LogP contribution in [0.2, 0.25) is 0 Å². The van der Waals surface area contributed by atoms with Crippen LogP contribution in [0.3, 0.4) is 0 Å². The molecular weight excluding hydrogens is 270 g/mol. The van der Waals surface area contributed by atoms with Crippen molar-refractivity contribution in [3.8, 4) is 0 Å². The molecule has 0 spiro atoms. The lowest BCUT2D eigenvalue weighted by molar-refractivity contribution is 0.0778. The second-order valence-corrected chi connectivity index (χ2v) is 6.69. The molecule has 0 fully saturated rings. The zero-order chi connectivity index (χ0) is 14.1. The van der Waals surface area contributed by atoms with Gasteiger partial charge in [0, 0.05) is 30.6 Å². The van der Waals surface area contributed by atoms with Crippen molar-refractivity contribution >= 4 is 17.2 Å². The van der Waals surface area contributed by atoms with Gasteiger partial charge in [-0.1, -0.05) is 0 Å². The van der Waals surface area contributed by atoms with Crippen molar-refractivity contribution < 1.29 is 4.79 Å². The number of likely N-dealkylation sites (N-methyl/N-ethyl adjacent to an activating group) is 1. The first kappa shape index (κ1) is 13.4. The predicted octanol–water partition coefficient (Wildman–Crippen LogP) is 2.97. The van der Waals surface area contributed by atoms with Crippen LogP contribution in [0.1, 0.15) is 44.8 Å². The molecule has 0 bridgehead atoms. The molecule has 0 aromatic carbocycles. The normalized spacial score (nSPS) is 17.8. The Morgan fingerprint density at radius 3 is 3.20 bits per heavy atom. The number of hydrogen-bond acceptors (Lipinski definition) is 3. The molecule has 1 amide bonds. The van der Waals surface area contributed by atoms with E-state index in [9.17, 15) is 4.79 Å². The first-order valence-electron chi connectivity index (χ1n) is 7.00. The van der Waals surface area contributed by atoms with E-state index in [0.717, 1.165) is 24.4 Å².